The second-order valence-corrected chi connectivity index (χ2v) is 5.85. The number of hydrogen-bond acceptors (Lipinski definition) is 5. The first-order chi connectivity index (χ1) is 13.1. The molecule has 0 unspecified atom stereocenters. The molecule has 0 N–H and O–H groups in total. The number of hydrogen-bond donors (Lipinski definition) is 0. The molecular formula is C19H17ClFN3O3. The van der Waals surface area contributed by atoms with Crippen molar-refractivity contribution in [3.63, 3.8) is 0 Å². The molecule has 8 heteroatoms. The molecule has 0 atom stereocenters. The van der Waals surface area contributed by atoms with Crippen molar-refractivity contribution in [1.82, 2.24) is 14.8 Å². The number of carbonyl (C=O) groups excluding carboxylic acids is 1. The zero-order valence-corrected chi connectivity index (χ0v) is 15.3. The lowest BCUT2D eigenvalue weighted by Gasteiger charge is -2.06. The molecule has 1 aromatic heterocycles. The molecule has 0 aliphatic carbocycles. The van der Waals surface area contributed by atoms with Gasteiger partial charge in [0, 0.05) is 6.61 Å². The summed E-state index contributed by atoms with van der Waals surface area (Å²) in [5, 5.41) is 4.36. The lowest BCUT2D eigenvalue weighted by atomic mass is 10.2. The maximum absolute atomic E-state index is 14.3. The Morgan fingerprint density at radius 1 is 1.15 bits per heavy atom. The Hall–Kier alpha value is -2.77. The van der Waals surface area contributed by atoms with Gasteiger partial charge in [-0.1, -0.05) is 35.9 Å². The van der Waals surface area contributed by atoms with E-state index < -0.39 is 11.7 Å². The normalized spacial score (nSPS) is 10.8. The van der Waals surface area contributed by atoms with E-state index in [9.17, 15) is 9.18 Å². The third-order valence-electron chi connectivity index (χ3n) is 3.66. The average molecular weight is 390 g/mol. The van der Waals surface area contributed by atoms with E-state index in [1.807, 2.05) is 6.92 Å². The smallest absolute Gasteiger partial charge is 0.336 e. The highest BCUT2D eigenvalue weighted by Gasteiger charge is 2.23. The van der Waals surface area contributed by atoms with Gasteiger partial charge in [-0.25, -0.2) is 4.39 Å². The predicted molar refractivity (Wildman–Crippen MR) is 98.6 cm³/mol. The number of nitrogens with zero attached hydrogens (tertiary/aromatic N) is 3. The molecule has 0 aliphatic heterocycles. The van der Waals surface area contributed by atoms with E-state index in [0.29, 0.717) is 13.2 Å². The fraction of sp³-hybridized carbons (Fsp3) is 0.211. The van der Waals surface area contributed by atoms with Gasteiger partial charge in [0.15, 0.2) is 5.82 Å². The van der Waals surface area contributed by atoms with Gasteiger partial charge in [-0.05, 0) is 31.2 Å². The summed E-state index contributed by atoms with van der Waals surface area (Å²) in [7, 11) is 0. The van der Waals surface area contributed by atoms with E-state index in [0.717, 1.165) is 4.68 Å². The van der Waals surface area contributed by atoms with Gasteiger partial charge in [-0.2, -0.15) is 9.67 Å². The molecule has 0 saturated heterocycles. The molecular weight excluding hydrogens is 373 g/mol. The summed E-state index contributed by atoms with van der Waals surface area (Å²) < 4.78 is 25.9. The highest BCUT2D eigenvalue weighted by atomic mass is 35.5. The number of benzene rings is 2. The minimum atomic E-state index is -0.536. The van der Waals surface area contributed by atoms with Gasteiger partial charge < -0.3 is 9.47 Å². The van der Waals surface area contributed by atoms with E-state index in [1.165, 1.54) is 12.1 Å². The largest absolute Gasteiger partial charge is 0.460 e. The van der Waals surface area contributed by atoms with Crippen molar-refractivity contribution in [2.45, 2.75) is 6.92 Å². The van der Waals surface area contributed by atoms with Crippen molar-refractivity contribution in [3.05, 3.63) is 64.9 Å². The van der Waals surface area contributed by atoms with Gasteiger partial charge in [0.2, 0.25) is 0 Å². The van der Waals surface area contributed by atoms with Crippen LogP contribution < -0.4 is 4.74 Å². The molecule has 1 heterocycles. The van der Waals surface area contributed by atoms with Crippen molar-refractivity contribution >= 4 is 17.5 Å². The van der Waals surface area contributed by atoms with Crippen LogP contribution in [0.15, 0.2) is 48.5 Å². The Balaban J connectivity index is 2.00. The predicted octanol–water partition coefficient (Wildman–Crippen LogP) is 3.84. The van der Waals surface area contributed by atoms with Crippen LogP contribution in [0, 0.1) is 5.82 Å². The van der Waals surface area contributed by atoms with Crippen LogP contribution in [0.4, 0.5) is 4.39 Å². The van der Waals surface area contributed by atoms with Crippen LogP contribution in [0.2, 0.25) is 5.02 Å². The van der Waals surface area contributed by atoms with E-state index in [4.69, 9.17) is 21.1 Å². The summed E-state index contributed by atoms with van der Waals surface area (Å²) in [5.74, 6) is -1.03. The summed E-state index contributed by atoms with van der Waals surface area (Å²) >= 11 is 6.12. The third kappa shape index (κ3) is 4.32. The monoisotopic (exact) mass is 389 g/mol. The summed E-state index contributed by atoms with van der Waals surface area (Å²) in [6.45, 7) is 2.97. The molecule has 3 rings (SSSR count). The minimum Gasteiger partial charge on any atom is -0.460 e. The molecule has 6 nitrogen and oxygen atoms in total. The van der Waals surface area contributed by atoms with E-state index in [-0.39, 0.29) is 34.6 Å². The van der Waals surface area contributed by atoms with Crippen LogP contribution in [0.1, 0.15) is 17.3 Å². The van der Waals surface area contributed by atoms with Gasteiger partial charge in [-0.15, -0.1) is 5.10 Å². The molecule has 0 aliphatic rings. The lowest BCUT2D eigenvalue weighted by Crippen LogP contribution is -2.16. The first-order valence-electron chi connectivity index (χ1n) is 8.33. The molecule has 3 aromatic rings. The Morgan fingerprint density at radius 2 is 1.89 bits per heavy atom. The topological polar surface area (TPSA) is 66.2 Å². The van der Waals surface area contributed by atoms with Crippen LogP contribution in [-0.2, 0) is 4.74 Å². The van der Waals surface area contributed by atoms with Gasteiger partial charge >= 0.3 is 6.01 Å². The zero-order valence-electron chi connectivity index (χ0n) is 14.6. The van der Waals surface area contributed by atoms with E-state index in [2.05, 4.69) is 10.1 Å². The number of rotatable bonds is 7. The van der Waals surface area contributed by atoms with Crippen molar-refractivity contribution in [2.75, 3.05) is 19.8 Å². The van der Waals surface area contributed by atoms with Crippen molar-refractivity contribution in [2.24, 2.45) is 0 Å². The maximum atomic E-state index is 14.3. The van der Waals surface area contributed by atoms with Crippen molar-refractivity contribution < 1.29 is 18.7 Å². The summed E-state index contributed by atoms with van der Waals surface area (Å²) in [6.07, 6.45) is 0. The summed E-state index contributed by atoms with van der Waals surface area (Å²) in [5.41, 5.74) is 0.354. The Bertz CT molecular complexity index is 945. The number of halogens is 2. The molecule has 0 radical (unpaired) electrons. The number of aromatic nitrogens is 3. The highest BCUT2D eigenvalue weighted by Crippen LogP contribution is 2.25. The van der Waals surface area contributed by atoms with Crippen LogP contribution in [0.25, 0.3) is 11.4 Å². The third-order valence-corrected chi connectivity index (χ3v) is 3.99. The average Bonchev–Trinajstić information content (AvgIpc) is 3.09. The first-order valence-corrected chi connectivity index (χ1v) is 8.71. The van der Waals surface area contributed by atoms with Crippen molar-refractivity contribution in [1.29, 1.82) is 0 Å². The quantitative estimate of drug-likeness (QED) is 0.574. The van der Waals surface area contributed by atoms with Crippen LogP contribution in [-0.4, -0.2) is 40.5 Å². The van der Waals surface area contributed by atoms with E-state index >= 15 is 0 Å². The van der Waals surface area contributed by atoms with Gasteiger partial charge in [0.05, 0.1) is 22.8 Å². The zero-order chi connectivity index (χ0) is 19.2. The second kappa shape index (κ2) is 8.75. The van der Waals surface area contributed by atoms with Crippen LogP contribution >= 0.6 is 11.6 Å². The minimum absolute atomic E-state index is 0.0319. The molecule has 27 heavy (non-hydrogen) atoms. The molecule has 140 valence electrons. The van der Waals surface area contributed by atoms with Crippen LogP contribution in [0.5, 0.6) is 6.01 Å². The molecule has 0 bridgehead atoms. The maximum Gasteiger partial charge on any atom is 0.336 e. The SMILES string of the molecule is CCOCCOc1nc(-c2ccccc2F)n(C(=O)c2ccccc2Cl)n1. The lowest BCUT2D eigenvalue weighted by molar-refractivity contribution is 0.0938. The molecule has 0 fully saturated rings. The summed E-state index contributed by atoms with van der Waals surface area (Å²) in [6, 6.07) is 12.5. The Kier molecular flexibility index (Phi) is 6.16. The van der Waals surface area contributed by atoms with Crippen molar-refractivity contribution in [3.8, 4) is 17.4 Å². The fourth-order valence-corrected chi connectivity index (χ4v) is 2.61. The standard InChI is InChI=1S/C19H17ClFN3O3/c1-2-26-11-12-27-19-22-17(14-8-4-6-10-16(14)21)24(23-19)18(25)13-7-3-5-9-15(13)20/h3-10H,2,11-12H2,1H3. The summed E-state index contributed by atoms with van der Waals surface area (Å²) in [4.78, 5) is 17.1. The molecule has 0 spiro atoms. The highest BCUT2D eigenvalue weighted by molar-refractivity contribution is 6.33. The molecule has 0 saturated carbocycles. The van der Waals surface area contributed by atoms with Gasteiger partial charge in [-0.3, -0.25) is 4.79 Å². The van der Waals surface area contributed by atoms with E-state index in [1.54, 1.807) is 36.4 Å². The molecule has 2 aromatic carbocycles. The number of carbonyl (C=O) groups is 1. The first kappa shape index (κ1) is 19.0. The van der Waals surface area contributed by atoms with Crippen LogP contribution in [0.3, 0.4) is 0 Å². The second-order valence-electron chi connectivity index (χ2n) is 5.44. The Morgan fingerprint density at radius 3 is 2.63 bits per heavy atom. The van der Waals surface area contributed by atoms with Gasteiger partial charge in [0.1, 0.15) is 12.4 Å². The Labute approximate surface area is 160 Å². The number of ether oxygens (including phenoxy) is 2. The van der Waals surface area contributed by atoms with Gasteiger partial charge in [0.25, 0.3) is 5.91 Å². The fourth-order valence-electron chi connectivity index (χ4n) is 2.40. The molecule has 0 amide bonds.